The van der Waals surface area contributed by atoms with Gasteiger partial charge in [0.1, 0.15) is 5.82 Å². The maximum absolute atomic E-state index is 14.4. The normalized spacial score (nSPS) is 16.0. The van der Waals surface area contributed by atoms with Gasteiger partial charge >= 0.3 is 0 Å². The Balaban J connectivity index is 0.000000221. The van der Waals surface area contributed by atoms with Crippen molar-refractivity contribution >= 4 is 41.8 Å². The molecule has 0 spiro atoms. The van der Waals surface area contributed by atoms with Crippen molar-refractivity contribution in [2.24, 2.45) is 10.9 Å². The van der Waals surface area contributed by atoms with Gasteiger partial charge in [-0.1, -0.05) is 25.4 Å². The molecule has 3 aliphatic rings. The van der Waals surface area contributed by atoms with Crippen molar-refractivity contribution in [1.29, 1.82) is 0 Å². The maximum atomic E-state index is 14.4. The van der Waals surface area contributed by atoms with Gasteiger partial charge in [0.2, 0.25) is 5.95 Å². The Morgan fingerprint density at radius 1 is 1.18 bits per heavy atom. The zero-order valence-corrected chi connectivity index (χ0v) is 25.5. The summed E-state index contributed by atoms with van der Waals surface area (Å²) in [6, 6.07) is 7.25. The molecular weight excluding hydrogens is 549 g/mol. The molecule has 2 aliphatic carbocycles. The Morgan fingerprint density at radius 3 is 2.40 bits per heavy atom. The van der Waals surface area contributed by atoms with Crippen molar-refractivity contribution < 1.29 is 9.13 Å². The molecule has 3 aromatic rings. The van der Waals surface area contributed by atoms with Crippen LogP contribution in [-0.2, 0) is 4.74 Å². The highest BCUT2D eigenvalue weighted by atomic mass is 35.5. The van der Waals surface area contributed by atoms with Gasteiger partial charge in [0.25, 0.3) is 0 Å². The van der Waals surface area contributed by atoms with Crippen LogP contribution in [-0.4, -0.2) is 72.6 Å². The van der Waals surface area contributed by atoms with E-state index in [0.29, 0.717) is 59.2 Å². The van der Waals surface area contributed by atoms with E-state index < -0.39 is 5.82 Å². The van der Waals surface area contributed by atoms with Crippen LogP contribution < -0.4 is 10.2 Å². The number of halogens is 2. The first-order chi connectivity index (χ1) is 19.5. The average Bonchev–Trinajstić information content (AvgIpc) is 3.94. The van der Waals surface area contributed by atoms with Crippen LogP contribution in [0.15, 0.2) is 46.5 Å². The Bertz CT molecular complexity index is 1180. The smallest absolute Gasteiger partial charge is 0.228 e. The number of hydrogen-bond acceptors (Lipinski definition) is 8. The van der Waals surface area contributed by atoms with Crippen LogP contribution in [0.25, 0.3) is 11.3 Å². The summed E-state index contributed by atoms with van der Waals surface area (Å²) >= 11 is 7.27. The molecule has 2 saturated carbocycles. The lowest BCUT2D eigenvalue weighted by molar-refractivity contribution is 0.122. The second-order valence-corrected chi connectivity index (χ2v) is 10.6. The summed E-state index contributed by atoms with van der Waals surface area (Å²) in [5.41, 5.74) is 0.862. The number of hydrogen-bond donors (Lipinski definition) is 1. The molecule has 1 N–H and O–H groups in total. The predicted octanol–water partition coefficient (Wildman–Crippen LogP) is 6.69. The van der Waals surface area contributed by atoms with Crippen LogP contribution >= 0.6 is 23.4 Å². The predicted molar refractivity (Wildman–Crippen MR) is 165 cm³/mol. The second-order valence-electron chi connectivity index (χ2n) is 9.33. The Kier molecular flexibility index (Phi) is 13.3. The lowest BCUT2D eigenvalue weighted by atomic mass is 10.1. The number of thioether (sulfide) groups is 1. The summed E-state index contributed by atoms with van der Waals surface area (Å²) in [5.74, 6) is 1.56. The minimum atomic E-state index is -0.431. The molecule has 6 rings (SSSR count). The first kappa shape index (κ1) is 32.0. The maximum Gasteiger partial charge on any atom is 0.228 e. The number of anilines is 1. The topological polar surface area (TPSA) is 80.5 Å². The SMILES string of the molecule is C=Nc1nc(N2CCOCC2)nc(-c2ccc(Cl)cc2F)c1SC.CC.CNCC1CC1.c1cnn(C2CC2)c1. The summed E-state index contributed by atoms with van der Waals surface area (Å²) in [6.45, 7) is 11.4. The number of aromatic nitrogens is 4. The fraction of sp³-hybridized carbons (Fsp3) is 0.517. The highest BCUT2D eigenvalue weighted by Crippen LogP contribution is 2.38. The molecule has 8 nitrogen and oxygen atoms in total. The number of nitrogens with one attached hydrogen (secondary N) is 1. The van der Waals surface area contributed by atoms with Crippen molar-refractivity contribution in [3.63, 3.8) is 0 Å². The van der Waals surface area contributed by atoms with Crippen molar-refractivity contribution in [3.8, 4) is 11.3 Å². The lowest BCUT2D eigenvalue weighted by Crippen LogP contribution is -2.37. The van der Waals surface area contributed by atoms with Crippen LogP contribution in [0.4, 0.5) is 16.2 Å². The minimum Gasteiger partial charge on any atom is -0.378 e. The number of nitrogens with zero attached hydrogens (tertiary/aromatic N) is 6. The molecule has 11 heteroatoms. The number of benzene rings is 1. The molecule has 1 aromatic carbocycles. The third kappa shape index (κ3) is 9.54. The van der Waals surface area contributed by atoms with E-state index in [0.717, 1.165) is 12.0 Å². The fourth-order valence-electron chi connectivity index (χ4n) is 3.94. The summed E-state index contributed by atoms with van der Waals surface area (Å²) in [6.07, 6.45) is 11.3. The Hall–Kier alpha value is -2.53. The molecular formula is C29H41ClFN7OS. The van der Waals surface area contributed by atoms with Crippen molar-refractivity contribution in [3.05, 3.63) is 47.5 Å². The van der Waals surface area contributed by atoms with E-state index in [4.69, 9.17) is 16.3 Å². The molecule has 1 saturated heterocycles. The standard InChI is InChI=1S/C16H16ClFN4OS.C6H8N2.C5H11N.C2H6/c1-19-15-14(24-2)13(11-4-3-10(17)9-12(11)18)20-16(21-15)22-5-7-23-8-6-22;1-4-7-8(5-1)6-2-3-6;1-6-4-5-2-3-5;1-2/h3-4,9H,1,5-8H2,2H3;1,4-6H,2-3H2;5-6H,2-4H2,1H3;1-2H3. The van der Waals surface area contributed by atoms with E-state index in [1.807, 2.05) is 55.2 Å². The minimum absolute atomic E-state index is 0.339. The zero-order chi connectivity index (χ0) is 28.9. The number of aliphatic imine (C=N–C) groups is 1. The van der Waals surface area contributed by atoms with Crippen molar-refractivity contribution in [2.45, 2.75) is 50.5 Å². The molecule has 0 bridgehead atoms. The van der Waals surface area contributed by atoms with E-state index in [2.05, 4.69) is 32.1 Å². The van der Waals surface area contributed by atoms with E-state index in [1.54, 1.807) is 12.1 Å². The third-order valence-corrected chi connectivity index (χ3v) is 7.32. The van der Waals surface area contributed by atoms with Crippen molar-refractivity contribution in [2.75, 3.05) is 51.1 Å². The first-order valence-corrected chi connectivity index (χ1v) is 15.5. The third-order valence-electron chi connectivity index (χ3n) is 6.31. The molecule has 40 heavy (non-hydrogen) atoms. The fourth-order valence-corrected chi connectivity index (χ4v) is 4.74. The Labute approximate surface area is 246 Å². The summed E-state index contributed by atoms with van der Waals surface area (Å²) in [4.78, 5) is 15.8. The van der Waals surface area contributed by atoms with E-state index in [-0.39, 0.29) is 0 Å². The molecule has 0 radical (unpaired) electrons. The van der Waals surface area contributed by atoms with Crippen molar-refractivity contribution in [1.82, 2.24) is 25.1 Å². The zero-order valence-electron chi connectivity index (χ0n) is 23.9. The van der Waals surface area contributed by atoms with Gasteiger partial charge in [0.15, 0.2) is 5.82 Å². The average molecular weight is 590 g/mol. The Morgan fingerprint density at radius 2 is 1.90 bits per heavy atom. The number of rotatable bonds is 7. The van der Waals surface area contributed by atoms with E-state index in [1.165, 1.54) is 50.1 Å². The van der Waals surface area contributed by atoms with Crippen LogP contribution in [0.2, 0.25) is 5.02 Å². The molecule has 0 amide bonds. The van der Waals surface area contributed by atoms with Gasteiger partial charge in [-0.05, 0) is 82.4 Å². The second kappa shape index (κ2) is 16.7. The van der Waals surface area contributed by atoms with Crippen LogP contribution in [0.5, 0.6) is 0 Å². The van der Waals surface area contributed by atoms with Gasteiger partial charge < -0.3 is 15.0 Å². The largest absolute Gasteiger partial charge is 0.378 e. The van der Waals surface area contributed by atoms with Gasteiger partial charge in [-0.15, -0.1) is 11.8 Å². The molecule has 3 heterocycles. The molecule has 1 aliphatic heterocycles. The summed E-state index contributed by atoms with van der Waals surface area (Å²) in [5, 5.41) is 7.56. The quantitative estimate of drug-likeness (QED) is 0.243. The number of morpholine rings is 1. The monoisotopic (exact) mass is 589 g/mol. The van der Waals surface area contributed by atoms with Gasteiger partial charge in [0.05, 0.1) is 29.8 Å². The van der Waals surface area contributed by atoms with Crippen LogP contribution in [0.3, 0.4) is 0 Å². The highest BCUT2D eigenvalue weighted by Gasteiger charge is 2.23. The lowest BCUT2D eigenvalue weighted by Gasteiger charge is -2.27. The molecule has 0 unspecified atom stereocenters. The molecule has 218 valence electrons. The highest BCUT2D eigenvalue weighted by molar-refractivity contribution is 7.98. The van der Waals surface area contributed by atoms with Crippen LogP contribution in [0.1, 0.15) is 45.6 Å². The molecule has 3 fully saturated rings. The van der Waals surface area contributed by atoms with Crippen LogP contribution in [0, 0.1) is 11.7 Å². The molecule has 2 aromatic heterocycles. The summed E-state index contributed by atoms with van der Waals surface area (Å²) in [7, 11) is 2.01. The summed E-state index contributed by atoms with van der Waals surface area (Å²) < 4.78 is 21.8. The van der Waals surface area contributed by atoms with Gasteiger partial charge in [-0.2, -0.15) is 10.1 Å². The van der Waals surface area contributed by atoms with Gasteiger partial charge in [-0.25, -0.2) is 14.4 Å². The van der Waals surface area contributed by atoms with Gasteiger partial charge in [-0.3, -0.25) is 4.68 Å². The van der Waals surface area contributed by atoms with E-state index >= 15 is 0 Å². The molecule has 0 atom stereocenters. The van der Waals surface area contributed by atoms with E-state index in [9.17, 15) is 4.39 Å². The van der Waals surface area contributed by atoms with Gasteiger partial charge in [0, 0.05) is 36.1 Å². The first-order valence-electron chi connectivity index (χ1n) is 13.9. The number of ether oxygens (including phenoxy) is 1.